The van der Waals surface area contributed by atoms with Crippen LogP contribution in [0, 0.1) is 5.82 Å². The number of Topliss-reactive ketones (excluding diaryl/α,β-unsaturated/α-hetero) is 1. The van der Waals surface area contributed by atoms with Crippen LogP contribution in [0.25, 0.3) is 0 Å². The highest BCUT2D eigenvalue weighted by Gasteiger charge is 2.42. The molecule has 1 N–H and O–H groups in total. The molecule has 1 aliphatic rings. The molecule has 0 amide bonds. The SMILES string of the molecule is CCOC(=O)c1cc(F)cc2c1C(=O)C(c1ncnn1C)C(c1ccc(CN(C)C)cc1)N2. The molecule has 33 heavy (non-hydrogen) atoms. The minimum Gasteiger partial charge on any atom is -0.462 e. The Morgan fingerprint density at radius 1 is 1.24 bits per heavy atom. The minimum absolute atomic E-state index is 0.100. The van der Waals surface area contributed by atoms with E-state index < -0.39 is 23.7 Å². The van der Waals surface area contributed by atoms with Crippen molar-refractivity contribution in [1.29, 1.82) is 0 Å². The van der Waals surface area contributed by atoms with Crippen molar-refractivity contribution < 1.29 is 18.7 Å². The van der Waals surface area contributed by atoms with Crippen molar-refractivity contribution in [2.75, 3.05) is 26.0 Å². The smallest absolute Gasteiger partial charge is 0.339 e. The molecule has 2 heterocycles. The summed E-state index contributed by atoms with van der Waals surface area (Å²) < 4.78 is 21.0. The Balaban J connectivity index is 1.84. The van der Waals surface area contributed by atoms with Gasteiger partial charge in [-0.15, -0.1) is 0 Å². The molecule has 2 aromatic carbocycles. The van der Waals surface area contributed by atoms with Gasteiger partial charge in [-0.2, -0.15) is 5.10 Å². The Morgan fingerprint density at radius 3 is 2.58 bits per heavy atom. The summed E-state index contributed by atoms with van der Waals surface area (Å²) in [4.78, 5) is 32.8. The maximum absolute atomic E-state index is 14.4. The number of benzene rings is 2. The molecule has 8 nitrogen and oxygen atoms in total. The molecule has 0 saturated carbocycles. The highest BCUT2D eigenvalue weighted by atomic mass is 19.1. The molecule has 0 spiro atoms. The topological polar surface area (TPSA) is 89.4 Å². The molecule has 1 aromatic heterocycles. The second-order valence-corrected chi connectivity index (χ2v) is 8.28. The zero-order valence-electron chi connectivity index (χ0n) is 19.0. The van der Waals surface area contributed by atoms with Crippen LogP contribution in [0.5, 0.6) is 0 Å². The van der Waals surface area contributed by atoms with Crippen LogP contribution in [0.4, 0.5) is 10.1 Å². The van der Waals surface area contributed by atoms with Crippen LogP contribution in [-0.2, 0) is 18.3 Å². The van der Waals surface area contributed by atoms with Gasteiger partial charge in [-0.05, 0) is 44.3 Å². The van der Waals surface area contributed by atoms with E-state index in [9.17, 15) is 14.0 Å². The zero-order chi connectivity index (χ0) is 23.7. The van der Waals surface area contributed by atoms with Crippen molar-refractivity contribution in [1.82, 2.24) is 19.7 Å². The molecule has 0 fully saturated rings. The molecule has 1 aliphatic heterocycles. The standard InChI is InChI=1S/C24H26FN5O3/c1-5-33-24(32)17-10-16(25)11-18-19(17)22(31)20(23-26-13-27-30(23)4)21(28-18)15-8-6-14(7-9-15)12-29(2)3/h6-11,13,20-21,28H,5,12H2,1-4H3. The number of aryl methyl sites for hydroxylation is 1. The molecule has 4 rings (SSSR count). The van der Waals surface area contributed by atoms with E-state index in [2.05, 4.69) is 20.3 Å². The van der Waals surface area contributed by atoms with Gasteiger partial charge in [-0.1, -0.05) is 24.3 Å². The molecule has 172 valence electrons. The quantitative estimate of drug-likeness (QED) is 0.575. The van der Waals surface area contributed by atoms with E-state index in [1.165, 1.54) is 17.1 Å². The lowest BCUT2D eigenvalue weighted by atomic mass is 9.80. The summed E-state index contributed by atoms with van der Waals surface area (Å²) in [5, 5.41) is 7.41. The second-order valence-electron chi connectivity index (χ2n) is 8.28. The van der Waals surface area contributed by atoms with Crippen LogP contribution in [0.1, 0.15) is 56.6 Å². The van der Waals surface area contributed by atoms with Crippen molar-refractivity contribution in [3.8, 4) is 0 Å². The van der Waals surface area contributed by atoms with Crippen molar-refractivity contribution >= 4 is 17.4 Å². The first-order valence-electron chi connectivity index (χ1n) is 10.7. The van der Waals surface area contributed by atoms with Crippen LogP contribution in [-0.4, -0.2) is 52.1 Å². The van der Waals surface area contributed by atoms with Gasteiger partial charge in [-0.3, -0.25) is 9.48 Å². The highest BCUT2D eigenvalue weighted by Crippen LogP contribution is 2.43. The summed E-state index contributed by atoms with van der Waals surface area (Å²) >= 11 is 0. The van der Waals surface area contributed by atoms with E-state index in [4.69, 9.17) is 4.74 Å². The summed E-state index contributed by atoms with van der Waals surface area (Å²) in [5.41, 5.74) is 2.21. The number of nitrogens with one attached hydrogen (secondary N) is 1. The molecule has 0 saturated heterocycles. The summed E-state index contributed by atoms with van der Waals surface area (Å²) in [5.74, 6) is -2.05. The van der Waals surface area contributed by atoms with Crippen LogP contribution in [0.3, 0.4) is 0 Å². The number of carbonyl (C=O) groups excluding carboxylic acids is 2. The molecule has 0 aliphatic carbocycles. The lowest BCUT2D eigenvalue weighted by molar-refractivity contribution is 0.0521. The van der Waals surface area contributed by atoms with Crippen molar-refractivity contribution in [3.63, 3.8) is 0 Å². The number of esters is 1. The third-order valence-electron chi connectivity index (χ3n) is 5.63. The first-order chi connectivity index (χ1) is 15.8. The van der Waals surface area contributed by atoms with Gasteiger partial charge in [0.25, 0.3) is 0 Å². The fourth-order valence-electron chi connectivity index (χ4n) is 4.24. The zero-order valence-corrected chi connectivity index (χ0v) is 19.0. The maximum Gasteiger partial charge on any atom is 0.339 e. The Labute approximate surface area is 191 Å². The number of nitrogens with zero attached hydrogens (tertiary/aromatic N) is 4. The van der Waals surface area contributed by atoms with Crippen LogP contribution < -0.4 is 5.32 Å². The van der Waals surface area contributed by atoms with Gasteiger partial charge in [0, 0.05) is 19.3 Å². The molecular formula is C24H26FN5O3. The number of hydrogen-bond donors (Lipinski definition) is 1. The Kier molecular flexibility index (Phi) is 6.24. The van der Waals surface area contributed by atoms with Crippen LogP contribution in [0.2, 0.25) is 0 Å². The van der Waals surface area contributed by atoms with E-state index in [0.717, 1.165) is 23.7 Å². The number of carbonyl (C=O) groups is 2. The summed E-state index contributed by atoms with van der Waals surface area (Å²) in [7, 11) is 5.69. The molecule has 0 bridgehead atoms. The van der Waals surface area contributed by atoms with Gasteiger partial charge in [0.15, 0.2) is 5.78 Å². The Bertz CT molecular complexity index is 1190. The fourth-order valence-corrected chi connectivity index (χ4v) is 4.24. The summed E-state index contributed by atoms with van der Waals surface area (Å²) in [6, 6.07) is 9.64. The van der Waals surface area contributed by atoms with Gasteiger partial charge in [-0.25, -0.2) is 14.2 Å². The molecule has 9 heteroatoms. The second kappa shape index (κ2) is 9.11. The van der Waals surface area contributed by atoms with Crippen molar-refractivity contribution in [2.24, 2.45) is 7.05 Å². The number of fused-ring (bicyclic) bond motifs is 1. The average Bonchev–Trinajstić information content (AvgIpc) is 3.18. The molecular weight excluding hydrogens is 425 g/mol. The normalized spacial score (nSPS) is 17.6. The molecule has 2 unspecified atom stereocenters. The Hall–Kier alpha value is -3.59. The molecule has 3 aromatic rings. The number of anilines is 1. The van der Waals surface area contributed by atoms with E-state index in [-0.39, 0.29) is 29.2 Å². The molecule has 0 radical (unpaired) electrons. The monoisotopic (exact) mass is 451 g/mol. The lowest BCUT2D eigenvalue weighted by Gasteiger charge is -2.34. The predicted molar refractivity (Wildman–Crippen MR) is 121 cm³/mol. The lowest BCUT2D eigenvalue weighted by Crippen LogP contribution is -2.35. The number of rotatable bonds is 6. The summed E-state index contributed by atoms with van der Waals surface area (Å²) in [6.45, 7) is 2.55. The number of ketones is 1. The van der Waals surface area contributed by atoms with Crippen molar-refractivity contribution in [2.45, 2.75) is 25.4 Å². The van der Waals surface area contributed by atoms with Gasteiger partial charge in [0.1, 0.15) is 23.9 Å². The number of halogens is 1. The first-order valence-corrected chi connectivity index (χ1v) is 10.7. The van der Waals surface area contributed by atoms with E-state index in [0.29, 0.717) is 5.82 Å². The van der Waals surface area contributed by atoms with Gasteiger partial charge in [0.2, 0.25) is 0 Å². The molecule has 2 atom stereocenters. The third-order valence-corrected chi connectivity index (χ3v) is 5.63. The number of aromatic nitrogens is 3. The van der Waals surface area contributed by atoms with Gasteiger partial charge < -0.3 is 15.0 Å². The minimum atomic E-state index is -0.775. The fraction of sp³-hybridized carbons (Fsp3) is 0.333. The predicted octanol–water partition coefficient (Wildman–Crippen LogP) is 3.33. The first kappa shape index (κ1) is 22.6. The highest BCUT2D eigenvalue weighted by molar-refractivity contribution is 6.14. The summed E-state index contributed by atoms with van der Waals surface area (Å²) in [6.07, 6.45) is 1.38. The van der Waals surface area contributed by atoms with E-state index in [1.807, 2.05) is 38.4 Å². The number of hydrogen-bond acceptors (Lipinski definition) is 7. The third kappa shape index (κ3) is 4.36. The Morgan fingerprint density at radius 2 is 1.97 bits per heavy atom. The van der Waals surface area contributed by atoms with E-state index >= 15 is 0 Å². The van der Waals surface area contributed by atoms with E-state index in [1.54, 1.807) is 14.0 Å². The van der Waals surface area contributed by atoms with Crippen LogP contribution >= 0.6 is 0 Å². The van der Waals surface area contributed by atoms with Crippen LogP contribution in [0.15, 0.2) is 42.7 Å². The average molecular weight is 452 g/mol. The number of ether oxygens (including phenoxy) is 1. The van der Waals surface area contributed by atoms with Gasteiger partial charge >= 0.3 is 5.97 Å². The van der Waals surface area contributed by atoms with Gasteiger partial charge in [0.05, 0.1) is 23.8 Å². The van der Waals surface area contributed by atoms with Crippen molar-refractivity contribution in [3.05, 3.63) is 76.6 Å². The maximum atomic E-state index is 14.4. The largest absolute Gasteiger partial charge is 0.462 e.